The van der Waals surface area contributed by atoms with Crippen LogP contribution in [0, 0.1) is 0 Å². The number of nitrogens with zero attached hydrogens (tertiary/aromatic N) is 2. The molecule has 22 heavy (non-hydrogen) atoms. The average Bonchev–Trinajstić information content (AvgIpc) is 2.64. The molecule has 1 aromatic carbocycles. The summed E-state index contributed by atoms with van der Waals surface area (Å²) in [6.45, 7) is 0. The second kappa shape index (κ2) is 5.46. The summed E-state index contributed by atoms with van der Waals surface area (Å²) in [4.78, 5) is 16.1. The van der Waals surface area contributed by atoms with E-state index in [1.165, 1.54) is 0 Å². The van der Waals surface area contributed by atoms with Gasteiger partial charge in [0.05, 0.1) is 6.10 Å². The zero-order valence-electron chi connectivity index (χ0n) is 12.8. The van der Waals surface area contributed by atoms with E-state index in [9.17, 15) is 4.79 Å². The zero-order valence-corrected chi connectivity index (χ0v) is 12.8. The molecule has 0 fully saturated rings. The van der Waals surface area contributed by atoms with Gasteiger partial charge in [-0.15, -0.1) is 0 Å². The predicted molar refractivity (Wildman–Crippen MR) is 85.7 cm³/mol. The summed E-state index contributed by atoms with van der Waals surface area (Å²) >= 11 is 0. The topological polar surface area (TPSA) is 95.6 Å². The molecule has 0 saturated carbocycles. The van der Waals surface area contributed by atoms with Gasteiger partial charge < -0.3 is 20.8 Å². The van der Waals surface area contributed by atoms with Gasteiger partial charge in [-0.3, -0.25) is 4.79 Å². The SMILES string of the molecule is COC1CCCc2c(C(=O)N=C(N)N)n(C)c3cccc1c23. The summed E-state index contributed by atoms with van der Waals surface area (Å²) in [6, 6.07) is 6.07. The first-order valence-electron chi connectivity index (χ1n) is 7.31. The summed E-state index contributed by atoms with van der Waals surface area (Å²) in [5.74, 6) is -0.610. The van der Waals surface area contributed by atoms with Crippen molar-refractivity contribution < 1.29 is 9.53 Å². The number of carbonyl (C=O) groups excluding carboxylic acids is 1. The summed E-state index contributed by atoms with van der Waals surface area (Å²) in [5.41, 5.74) is 14.4. The maximum Gasteiger partial charge on any atom is 0.297 e. The molecule has 6 nitrogen and oxygen atoms in total. The highest BCUT2D eigenvalue weighted by Crippen LogP contribution is 2.38. The Morgan fingerprint density at radius 2 is 2.18 bits per heavy atom. The minimum absolute atomic E-state index is 0.0541. The number of aromatic nitrogens is 1. The van der Waals surface area contributed by atoms with Gasteiger partial charge in [0, 0.05) is 25.1 Å². The molecule has 1 aliphatic rings. The Hall–Kier alpha value is -2.34. The molecule has 1 heterocycles. The van der Waals surface area contributed by atoms with Crippen LogP contribution in [0.3, 0.4) is 0 Å². The van der Waals surface area contributed by atoms with Crippen LogP contribution in [0.5, 0.6) is 0 Å². The van der Waals surface area contributed by atoms with Crippen molar-refractivity contribution in [2.45, 2.75) is 25.4 Å². The summed E-state index contributed by atoms with van der Waals surface area (Å²) in [6.07, 6.45) is 2.76. The fourth-order valence-electron chi connectivity index (χ4n) is 3.43. The molecular formula is C16H20N4O2. The fraction of sp³-hybridized carbons (Fsp3) is 0.375. The van der Waals surface area contributed by atoms with E-state index < -0.39 is 5.91 Å². The van der Waals surface area contributed by atoms with Crippen molar-refractivity contribution in [3.05, 3.63) is 35.0 Å². The third-order valence-corrected chi connectivity index (χ3v) is 4.32. The molecule has 0 spiro atoms. The second-order valence-corrected chi connectivity index (χ2v) is 5.59. The Bertz CT molecular complexity index is 772. The van der Waals surface area contributed by atoms with E-state index in [-0.39, 0.29) is 12.1 Å². The molecule has 1 atom stereocenters. The summed E-state index contributed by atoms with van der Waals surface area (Å²) in [7, 11) is 3.59. The van der Waals surface area contributed by atoms with Gasteiger partial charge in [0.1, 0.15) is 5.69 Å². The Morgan fingerprint density at radius 1 is 1.41 bits per heavy atom. The first kappa shape index (κ1) is 14.6. The molecule has 1 aliphatic carbocycles. The van der Waals surface area contributed by atoms with Gasteiger partial charge in [-0.1, -0.05) is 12.1 Å². The molecule has 1 aromatic heterocycles. The highest BCUT2D eigenvalue weighted by molar-refractivity contribution is 6.07. The Kier molecular flexibility index (Phi) is 3.62. The largest absolute Gasteiger partial charge is 0.377 e. The number of methoxy groups -OCH3 is 1. The number of hydrogen-bond acceptors (Lipinski definition) is 2. The van der Waals surface area contributed by atoms with Crippen LogP contribution in [-0.2, 0) is 18.2 Å². The third-order valence-electron chi connectivity index (χ3n) is 4.32. The van der Waals surface area contributed by atoms with Crippen LogP contribution in [0.25, 0.3) is 10.9 Å². The second-order valence-electron chi connectivity index (χ2n) is 5.59. The maximum atomic E-state index is 12.4. The monoisotopic (exact) mass is 300 g/mol. The lowest BCUT2D eigenvalue weighted by atomic mass is 10.0. The van der Waals surface area contributed by atoms with Crippen LogP contribution in [-0.4, -0.2) is 23.5 Å². The molecule has 0 aliphatic heterocycles. The molecule has 2 aromatic rings. The molecule has 0 saturated heterocycles. The van der Waals surface area contributed by atoms with Crippen molar-refractivity contribution in [2.24, 2.45) is 23.5 Å². The molecule has 6 heteroatoms. The minimum Gasteiger partial charge on any atom is -0.377 e. The molecule has 3 rings (SSSR count). The third kappa shape index (κ3) is 2.16. The number of nitrogens with two attached hydrogens (primary N) is 2. The van der Waals surface area contributed by atoms with Crippen molar-refractivity contribution in [3.63, 3.8) is 0 Å². The predicted octanol–water partition coefficient (Wildman–Crippen LogP) is 1.62. The molecule has 4 N–H and O–H groups in total. The van der Waals surface area contributed by atoms with Gasteiger partial charge in [-0.25, -0.2) is 0 Å². The maximum absolute atomic E-state index is 12.4. The van der Waals surface area contributed by atoms with E-state index in [4.69, 9.17) is 16.2 Å². The van der Waals surface area contributed by atoms with Crippen LogP contribution in [0.4, 0.5) is 0 Å². The van der Waals surface area contributed by atoms with Crippen molar-refractivity contribution in [1.29, 1.82) is 0 Å². The first-order valence-corrected chi connectivity index (χ1v) is 7.31. The molecule has 0 bridgehead atoms. The highest BCUT2D eigenvalue weighted by atomic mass is 16.5. The lowest BCUT2D eigenvalue weighted by molar-refractivity contribution is 0.0960. The highest BCUT2D eigenvalue weighted by Gasteiger charge is 2.27. The van der Waals surface area contributed by atoms with E-state index >= 15 is 0 Å². The van der Waals surface area contributed by atoms with Crippen LogP contribution in [0.2, 0.25) is 0 Å². The number of amides is 1. The quantitative estimate of drug-likeness (QED) is 0.650. The fourth-order valence-corrected chi connectivity index (χ4v) is 3.43. The number of aliphatic imine (C=N–C) groups is 1. The van der Waals surface area contributed by atoms with E-state index in [0.29, 0.717) is 5.69 Å². The number of aryl methyl sites for hydroxylation is 2. The van der Waals surface area contributed by atoms with E-state index in [1.54, 1.807) is 7.11 Å². The van der Waals surface area contributed by atoms with Crippen molar-refractivity contribution >= 4 is 22.8 Å². The number of ether oxygens (including phenoxy) is 1. The van der Waals surface area contributed by atoms with Gasteiger partial charge in [-0.2, -0.15) is 4.99 Å². The van der Waals surface area contributed by atoms with Gasteiger partial charge >= 0.3 is 0 Å². The molecule has 0 radical (unpaired) electrons. The standard InChI is InChI=1S/C16H20N4O2/c1-20-11-7-3-5-9-12(22-2)8-4-6-10(13(9)11)14(20)15(21)19-16(17)18/h3,5,7,12H,4,6,8H2,1-2H3,(H4,17,18,19,21). The lowest BCUT2D eigenvalue weighted by Crippen LogP contribution is -2.25. The van der Waals surface area contributed by atoms with Crippen LogP contribution >= 0.6 is 0 Å². The number of carbonyl (C=O) groups is 1. The molecule has 1 amide bonds. The van der Waals surface area contributed by atoms with Gasteiger partial charge in [0.25, 0.3) is 5.91 Å². The van der Waals surface area contributed by atoms with Crippen molar-refractivity contribution in [1.82, 2.24) is 4.57 Å². The van der Waals surface area contributed by atoms with Gasteiger partial charge in [0.2, 0.25) is 0 Å². The number of rotatable bonds is 2. The van der Waals surface area contributed by atoms with Crippen LogP contribution < -0.4 is 11.5 Å². The number of benzene rings is 1. The van der Waals surface area contributed by atoms with Gasteiger partial charge in [-0.05, 0) is 36.5 Å². The van der Waals surface area contributed by atoms with E-state index in [0.717, 1.165) is 41.3 Å². The zero-order chi connectivity index (χ0) is 15.9. The summed E-state index contributed by atoms with van der Waals surface area (Å²) in [5, 5.41) is 1.10. The van der Waals surface area contributed by atoms with Crippen LogP contribution in [0.15, 0.2) is 23.2 Å². The molecular weight excluding hydrogens is 280 g/mol. The molecule has 1 unspecified atom stereocenters. The van der Waals surface area contributed by atoms with Crippen LogP contribution in [0.1, 0.15) is 40.6 Å². The van der Waals surface area contributed by atoms with E-state index in [1.807, 2.05) is 23.7 Å². The molecule has 116 valence electrons. The number of hydrogen-bond donors (Lipinski definition) is 2. The first-order chi connectivity index (χ1) is 10.5. The number of guanidine groups is 1. The minimum atomic E-state index is -0.393. The smallest absolute Gasteiger partial charge is 0.297 e. The summed E-state index contributed by atoms with van der Waals surface area (Å²) < 4.78 is 7.51. The van der Waals surface area contributed by atoms with Crippen molar-refractivity contribution in [3.8, 4) is 0 Å². The lowest BCUT2D eigenvalue weighted by Gasteiger charge is -2.14. The average molecular weight is 300 g/mol. The normalized spacial score (nSPS) is 17.3. The van der Waals surface area contributed by atoms with Crippen molar-refractivity contribution in [2.75, 3.05) is 7.11 Å². The van der Waals surface area contributed by atoms with E-state index in [2.05, 4.69) is 11.1 Å². The Balaban J connectivity index is 2.32. The Morgan fingerprint density at radius 3 is 2.86 bits per heavy atom. The Labute approximate surface area is 128 Å². The van der Waals surface area contributed by atoms with Gasteiger partial charge in [0.15, 0.2) is 5.96 Å².